The smallest absolute Gasteiger partial charge is 0.399 e. The SMILES string of the molecule is CC1(C)OB(c2ccc(-n3ccnc3)nc2)OC1(C)C. The van der Waals surface area contributed by atoms with E-state index in [1.54, 1.807) is 18.7 Å². The van der Waals surface area contributed by atoms with E-state index in [1.807, 2.05) is 50.6 Å². The summed E-state index contributed by atoms with van der Waals surface area (Å²) < 4.78 is 13.9. The Kier molecular flexibility index (Phi) is 2.95. The van der Waals surface area contributed by atoms with Crippen molar-refractivity contribution in [1.82, 2.24) is 14.5 Å². The Labute approximate surface area is 119 Å². The fourth-order valence-electron chi connectivity index (χ4n) is 2.06. The van der Waals surface area contributed by atoms with Gasteiger partial charge < -0.3 is 9.31 Å². The zero-order valence-electron chi connectivity index (χ0n) is 12.2. The number of aromatic nitrogens is 3. The van der Waals surface area contributed by atoms with Crippen molar-refractivity contribution in [3.05, 3.63) is 37.1 Å². The Balaban J connectivity index is 1.83. The number of hydrogen-bond donors (Lipinski definition) is 0. The summed E-state index contributed by atoms with van der Waals surface area (Å²) in [5.41, 5.74) is 0.258. The van der Waals surface area contributed by atoms with Crippen LogP contribution in [0.2, 0.25) is 0 Å². The van der Waals surface area contributed by atoms with Crippen molar-refractivity contribution in [2.24, 2.45) is 0 Å². The average molecular weight is 271 g/mol. The summed E-state index contributed by atoms with van der Waals surface area (Å²) >= 11 is 0. The van der Waals surface area contributed by atoms with Gasteiger partial charge >= 0.3 is 7.12 Å². The lowest BCUT2D eigenvalue weighted by Crippen LogP contribution is -2.41. The molecule has 0 atom stereocenters. The molecule has 0 radical (unpaired) electrons. The van der Waals surface area contributed by atoms with Crippen LogP contribution in [0.3, 0.4) is 0 Å². The normalized spacial score (nSPS) is 20.3. The fourth-order valence-corrected chi connectivity index (χ4v) is 2.06. The molecular weight excluding hydrogens is 253 g/mol. The molecule has 104 valence electrons. The van der Waals surface area contributed by atoms with Crippen LogP contribution in [-0.4, -0.2) is 32.9 Å². The van der Waals surface area contributed by atoms with Crippen LogP contribution in [0.5, 0.6) is 0 Å². The van der Waals surface area contributed by atoms with E-state index in [-0.39, 0.29) is 18.3 Å². The van der Waals surface area contributed by atoms with Crippen molar-refractivity contribution in [1.29, 1.82) is 0 Å². The minimum absolute atomic E-state index is 0.333. The van der Waals surface area contributed by atoms with E-state index in [2.05, 4.69) is 9.97 Å². The van der Waals surface area contributed by atoms with Crippen LogP contribution in [0.25, 0.3) is 5.82 Å². The third-order valence-corrected chi connectivity index (χ3v) is 4.07. The maximum Gasteiger partial charge on any atom is 0.496 e. The van der Waals surface area contributed by atoms with E-state index in [1.165, 1.54) is 0 Å². The quantitative estimate of drug-likeness (QED) is 0.778. The van der Waals surface area contributed by atoms with E-state index in [4.69, 9.17) is 9.31 Å². The monoisotopic (exact) mass is 271 g/mol. The first-order valence-electron chi connectivity index (χ1n) is 6.69. The van der Waals surface area contributed by atoms with E-state index >= 15 is 0 Å². The second-order valence-corrected chi connectivity index (χ2v) is 6.01. The topological polar surface area (TPSA) is 49.2 Å². The molecule has 0 aliphatic carbocycles. The lowest BCUT2D eigenvalue weighted by atomic mass is 9.80. The van der Waals surface area contributed by atoms with E-state index in [9.17, 15) is 0 Å². The zero-order valence-corrected chi connectivity index (χ0v) is 12.2. The minimum atomic E-state index is -0.371. The van der Waals surface area contributed by atoms with Crippen molar-refractivity contribution < 1.29 is 9.31 Å². The molecule has 0 N–H and O–H groups in total. The first-order valence-corrected chi connectivity index (χ1v) is 6.69. The van der Waals surface area contributed by atoms with Gasteiger partial charge in [-0.1, -0.05) is 6.07 Å². The van der Waals surface area contributed by atoms with Gasteiger partial charge in [0.05, 0.1) is 11.2 Å². The minimum Gasteiger partial charge on any atom is -0.399 e. The molecule has 0 unspecified atom stereocenters. The second-order valence-electron chi connectivity index (χ2n) is 6.01. The van der Waals surface area contributed by atoms with Crippen molar-refractivity contribution in [3.63, 3.8) is 0 Å². The van der Waals surface area contributed by atoms with Gasteiger partial charge in [0.2, 0.25) is 0 Å². The molecule has 3 rings (SSSR count). The van der Waals surface area contributed by atoms with Crippen LogP contribution in [0.1, 0.15) is 27.7 Å². The Bertz CT molecular complexity index is 577. The predicted octanol–water partition coefficient (Wildman–Crippen LogP) is 1.57. The highest BCUT2D eigenvalue weighted by Crippen LogP contribution is 2.36. The molecule has 5 nitrogen and oxygen atoms in total. The van der Waals surface area contributed by atoms with Gasteiger partial charge in [-0.15, -0.1) is 0 Å². The number of nitrogens with zero attached hydrogens (tertiary/aromatic N) is 3. The molecule has 0 saturated carbocycles. The predicted molar refractivity (Wildman–Crippen MR) is 77.1 cm³/mol. The van der Waals surface area contributed by atoms with Crippen molar-refractivity contribution >= 4 is 12.6 Å². The molecule has 2 aromatic heterocycles. The number of rotatable bonds is 2. The molecule has 20 heavy (non-hydrogen) atoms. The first kappa shape index (κ1) is 13.3. The van der Waals surface area contributed by atoms with Crippen LogP contribution >= 0.6 is 0 Å². The van der Waals surface area contributed by atoms with Crippen LogP contribution in [0, 0.1) is 0 Å². The van der Waals surface area contributed by atoms with Crippen molar-refractivity contribution in [2.75, 3.05) is 0 Å². The second kappa shape index (κ2) is 4.43. The molecule has 3 heterocycles. The molecule has 0 aromatic carbocycles. The summed E-state index contributed by atoms with van der Waals surface area (Å²) in [6.07, 6.45) is 7.09. The maximum atomic E-state index is 6.00. The van der Waals surface area contributed by atoms with Gasteiger partial charge in [0.15, 0.2) is 0 Å². The van der Waals surface area contributed by atoms with Crippen LogP contribution in [0.15, 0.2) is 37.1 Å². The summed E-state index contributed by atoms with van der Waals surface area (Å²) in [6, 6.07) is 3.91. The zero-order chi connectivity index (χ0) is 14.4. The van der Waals surface area contributed by atoms with Crippen molar-refractivity contribution in [2.45, 2.75) is 38.9 Å². The third kappa shape index (κ3) is 2.15. The molecule has 6 heteroatoms. The Hall–Kier alpha value is -1.66. The van der Waals surface area contributed by atoms with Gasteiger partial charge in [0.1, 0.15) is 12.1 Å². The van der Waals surface area contributed by atoms with Crippen LogP contribution in [-0.2, 0) is 9.31 Å². The van der Waals surface area contributed by atoms with Gasteiger partial charge in [-0.05, 0) is 33.8 Å². The average Bonchev–Trinajstić information content (AvgIpc) is 2.97. The lowest BCUT2D eigenvalue weighted by molar-refractivity contribution is 0.00578. The summed E-state index contributed by atoms with van der Waals surface area (Å²) in [6.45, 7) is 8.17. The van der Waals surface area contributed by atoms with E-state index in [0.717, 1.165) is 11.3 Å². The summed E-state index contributed by atoms with van der Waals surface area (Å²) in [5, 5.41) is 0. The molecule has 0 bridgehead atoms. The van der Waals surface area contributed by atoms with Gasteiger partial charge in [0.25, 0.3) is 0 Å². The first-order chi connectivity index (χ1) is 9.39. The van der Waals surface area contributed by atoms with Gasteiger partial charge in [-0.2, -0.15) is 0 Å². The number of imidazole rings is 1. The fraction of sp³-hybridized carbons (Fsp3) is 0.429. The number of pyridine rings is 1. The number of hydrogen-bond acceptors (Lipinski definition) is 4. The Morgan fingerprint density at radius 3 is 2.30 bits per heavy atom. The molecule has 0 amide bonds. The highest BCUT2D eigenvalue weighted by Gasteiger charge is 2.51. The molecule has 1 aliphatic rings. The summed E-state index contributed by atoms with van der Waals surface area (Å²) in [4.78, 5) is 8.43. The van der Waals surface area contributed by atoms with Crippen LogP contribution < -0.4 is 5.46 Å². The Morgan fingerprint density at radius 1 is 1.10 bits per heavy atom. The lowest BCUT2D eigenvalue weighted by Gasteiger charge is -2.32. The standard InChI is InChI=1S/C14H18BN3O2/c1-13(2)14(3,4)20-15(19-13)11-5-6-12(17-9-11)18-8-7-16-10-18/h5-10H,1-4H3. The molecule has 2 aromatic rings. The van der Waals surface area contributed by atoms with Crippen molar-refractivity contribution in [3.8, 4) is 5.82 Å². The molecule has 1 aliphatic heterocycles. The highest BCUT2D eigenvalue weighted by atomic mass is 16.7. The summed E-state index contributed by atoms with van der Waals surface area (Å²) in [7, 11) is -0.371. The van der Waals surface area contributed by atoms with Gasteiger partial charge in [-0.3, -0.25) is 4.57 Å². The maximum absolute atomic E-state index is 6.00. The molecule has 0 spiro atoms. The van der Waals surface area contributed by atoms with Gasteiger partial charge in [0, 0.05) is 24.1 Å². The van der Waals surface area contributed by atoms with E-state index < -0.39 is 0 Å². The molecular formula is C14H18BN3O2. The highest BCUT2D eigenvalue weighted by molar-refractivity contribution is 6.62. The Morgan fingerprint density at radius 2 is 1.80 bits per heavy atom. The van der Waals surface area contributed by atoms with Crippen LogP contribution in [0.4, 0.5) is 0 Å². The van der Waals surface area contributed by atoms with E-state index in [0.29, 0.717) is 0 Å². The largest absolute Gasteiger partial charge is 0.496 e. The third-order valence-electron chi connectivity index (χ3n) is 4.07. The van der Waals surface area contributed by atoms with Gasteiger partial charge in [-0.25, -0.2) is 9.97 Å². The summed E-state index contributed by atoms with van der Waals surface area (Å²) in [5.74, 6) is 0.822. The molecule has 1 fully saturated rings. The molecule has 1 saturated heterocycles.